The van der Waals surface area contributed by atoms with Gasteiger partial charge in [0.25, 0.3) is 0 Å². The number of thiazole rings is 1. The molecule has 0 saturated carbocycles. The maximum atomic E-state index is 12.3. The van der Waals surface area contributed by atoms with Gasteiger partial charge in [0, 0.05) is 37.6 Å². The molecule has 2 heterocycles. The second-order valence-corrected chi connectivity index (χ2v) is 7.45. The molecule has 1 saturated heterocycles. The highest BCUT2D eigenvalue weighted by atomic mass is 32.1. The molecule has 2 N–H and O–H groups in total. The number of amides is 2. The zero-order chi connectivity index (χ0) is 18.7. The molecule has 0 bridgehead atoms. The van der Waals surface area contributed by atoms with Gasteiger partial charge in [-0.15, -0.1) is 11.3 Å². The first-order valence-electron chi connectivity index (χ1n) is 8.48. The number of aromatic nitrogens is 1. The van der Waals surface area contributed by atoms with E-state index in [0.29, 0.717) is 19.6 Å². The van der Waals surface area contributed by atoms with Crippen molar-refractivity contribution in [3.8, 4) is 0 Å². The van der Waals surface area contributed by atoms with Gasteiger partial charge in [-0.2, -0.15) is 0 Å². The van der Waals surface area contributed by atoms with Crippen molar-refractivity contribution in [2.75, 3.05) is 31.1 Å². The zero-order valence-electron chi connectivity index (χ0n) is 14.9. The van der Waals surface area contributed by atoms with E-state index in [1.807, 2.05) is 6.92 Å². The van der Waals surface area contributed by atoms with E-state index in [2.05, 4.69) is 22.1 Å². The highest BCUT2D eigenvalue weighted by Crippen LogP contribution is 2.25. The molecule has 0 spiro atoms. The number of nitrogens with one attached hydrogen (secondary N) is 1. The van der Waals surface area contributed by atoms with E-state index in [9.17, 15) is 9.59 Å². The Kier molecular flexibility index (Phi) is 5.41. The maximum absolute atomic E-state index is 12.3. The highest BCUT2D eigenvalue weighted by molar-refractivity contribution is 7.15. The molecule has 2 amide bonds. The van der Waals surface area contributed by atoms with Crippen LogP contribution in [0.3, 0.4) is 0 Å². The Bertz CT molecular complexity index is 776. The Morgan fingerprint density at radius 1 is 1.15 bits per heavy atom. The lowest BCUT2D eigenvalue weighted by molar-refractivity contribution is 0.0697. The first kappa shape index (κ1) is 18.2. The molecule has 1 fully saturated rings. The number of rotatable bonds is 4. The van der Waals surface area contributed by atoms with Gasteiger partial charge in [-0.1, -0.05) is 12.1 Å². The largest absolute Gasteiger partial charge is 0.478 e. The third-order valence-electron chi connectivity index (χ3n) is 4.50. The van der Waals surface area contributed by atoms with Crippen molar-refractivity contribution >= 4 is 28.5 Å². The molecule has 3 rings (SSSR count). The van der Waals surface area contributed by atoms with Crippen LogP contribution in [0.1, 0.15) is 26.5 Å². The number of carbonyl (C=O) groups is 2. The van der Waals surface area contributed by atoms with Gasteiger partial charge in [0.2, 0.25) is 0 Å². The summed E-state index contributed by atoms with van der Waals surface area (Å²) in [5.41, 5.74) is 2.18. The Morgan fingerprint density at radius 3 is 2.35 bits per heavy atom. The van der Waals surface area contributed by atoms with Crippen LogP contribution in [0.4, 0.5) is 9.93 Å². The minimum Gasteiger partial charge on any atom is -0.478 e. The molecule has 0 atom stereocenters. The Hall–Kier alpha value is -2.61. The van der Waals surface area contributed by atoms with Gasteiger partial charge >= 0.3 is 12.0 Å². The third-order valence-corrected chi connectivity index (χ3v) is 5.63. The summed E-state index contributed by atoms with van der Waals surface area (Å²) >= 11 is 1.70. The normalized spacial score (nSPS) is 14.4. The van der Waals surface area contributed by atoms with E-state index >= 15 is 0 Å². The molecule has 138 valence electrons. The first-order valence-corrected chi connectivity index (χ1v) is 9.29. The van der Waals surface area contributed by atoms with E-state index in [4.69, 9.17) is 5.11 Å². The average Bonchev–Trinajstić information content (AvgIpc) is 2.99. The molecule has 26 heavy (non-hydrogen) atoms. The van der Waals surface area contributed by atoms with Gasteiger partial charge in [-0.3, -0.25) is 0 Å². The Morgan fingerprint density at radius 2 is 1.81 bits per heavy atom. The number of benzene rings is 1. The Balaban J connectivity index is 1.48. The molecule has 0 radical (unpaired) electrons. The predicted molar refractivity (Wildman–Crippen MR) is 101 cm³/mol. The number of nitrogens with zero attached hydrogens (tertiary/aromatic N) is 3. The zero-order valence-corrected chi connectivity index (χ0v) is 15.7. The molecule has 1 aliphatic heterocycles. The molecule has 0 aliphatic carbocycles. The quantitative estimate of drug-likeness (QED) is 0.859. The van der Waals surface area contributed by atoms with Gasteiger partial charge in [0.05, 0.1) is 11.3 Å². The standard InChI is InChI=1S/C18H22N4O3S/c1-12-13(2)26-18(20-12)22-9-7-21(8-10-22)17(25)19-11-14-3-5-15(6-4-14)16(23)24/h3-6H,7-11H2,1-2H3,(H,19,25)(H,23,24). The second-order valence-electron chi connectivity index (χ2n) is 6.27. The van der Waals surface area contributed by atoms with Crippen LogP contribution in [0, 0.1) is 13.8 Å². The van der Waals surface area contributed by atoms with Crippen molar-refractivity contribution in [1.82, 2.24) is 15.2 Å². The summed E-state index contributed by atoms with van der Waals surface area (Å²) in [6.07, 6.45) is 0. The molecule has 1 aliphatic rings. The number of carboxylic acid groups (broad SMARTS) is 1. The van der Waals surface area contributed by atoms with Crippen molar-refractivity contribution in [1.29, 1.82) is 0 Å². The van der Waals surface area contributed by atoms with Crippen LogP contribution in [0.15, 0.2) is 24.3 Å². The Labute approximate surface area is 156 Å². The van der Waals surface area contributed by atoms with E-state index in [0.717, 1.165) is 29.5 Å². The number of piperazine rings is 1. The van der Waals surface area contributed by atoms with Crippen molar-refractivity contribution in [3.63, 3.8) is 0 Å². The molecule has 2 aromatic rings. The van der Waals surface area contributed by atoms with Crippen molar-refractivity contribution in [2.24, 2.45) is 0 Å². The van der Waals surface area contributed by atoms with Gasteiger partial charge in [0.15, 0.2) is 5.13 Å². The van der Waals surface area contributed by atoms with Gasteiger partial charge in [-0.25, -0.2) is 14.6 Å². The number of aromatic carboxylic acids is 1. The van der Waals surface area contributed by atoms with Crippen LogP contribution in [0.25, 0.3) is 0 Å². The molecule has 8 heteroatoms. The summed E-state index contributed by atoms with van der Waals surface area (Å²) in [6, 6.07) is 6.42. The molecular formula is C18H22N4O3S. The number of carbonyl (C=O) groups excluding carboxylic acids is 1. The number of hydrogen-bond donors (Lipinski definition) is 2. The highest BCUT2D eigenvalue weighted by Gasteiger charge is 2.23. The van der Waals surface area contributed by atoms with Crippen molar-refractivity contribution in [3.05, 3.63) is 46.0 Å². The van der Waals surface area contributed by atoms with Crippen LogP contribution in [-0.4, -0.2) is 53.2 Å². The molecular weight excluding hydrogens is 352 g/mol. The van der Waals surface area contributed by atoms with Gasteiger partial charge < -0.3 is 20.2 Å². The molecule has 1 aromatic heterocycles. The smallest absolute Gasteiger partial charge is 0.335 e. The number of anilines is 1. The van der Waals surface area contributed by atoms with Crippen LogP contribution in [0.5, 0.6) is 0 Å². The summed E-state index contributed by atoms with van der Waals surface area (Å²) in [5, 5.41) is 12.8. The monoisotopic (exact) mass is 374 g/mol. The van der Waals surface area contributed by atoms with Crippen LogP contribution < -0.4 is 10.2 Å². The number of aryl methyl sites for hydroxylation is 2. The van der Waals surface area contributed by atoms with Gasteiger partial charge in [0.1, 0.15) is 0 Å². The fourth-order valence-corrected chi connectivity index (χ4v) is 3.71. The van der Waals surface area contributed by atoms with Gasteiger partial charge in [-0.05, 0) is 31.5 Å². The fourth-order valence-electron chi connectivity index (χ4n) is 2.75. The summed E-state index contributed by atoms with van der Waals surface area (Å²) < 4.78 is 0. The summed E-state index contributed by atoms with van der Waals surface area (Å²) in [7, 11) is 0. The first-order chi connectivity index (χ1) is 12.4. The molecule has 0 unspecified atom stereocenters. The molecule has 7 nitrogen and oxygen atoms in total. The van der Waals surface area contributed by atoms with E-state index in [-0.39, 0.29) is 11.6 Å². The van der Waals surface area contributed by atoms with Crippen LogP contribution in [0.2, 0.25) is 0 Å². The summed E-state index contributed by atoms with van der Waals surface area (Å²) in [5.74, 6) is -0.955. The minimum absolute atomic E-state index is 0.0986. The third kappa shape index (κ3) is 4.13. The number of urea groups is 1. The summed E-state index contributed by atoms with van der Waals surface area (Å²) in [6.45, 7) is 7.32. The average molecular weight is 374 g/mol. The number of hydrogen-bond acceptors (Lipinski definition) is 5. The second kappa shape index (κ2) is 7.74. The van der Waals surface area contributed by atoms with E-state index in [1.165, 1.54) is 4.88 Å². The van der Waals surface area contributed by atoms with Crippen LogP contribution >= 0.6 is 11.3 Å². The van der Waals surface area contributed by atoms with E-state index < -0.39 is 5.97 Å². The van der Waals surface area contributed by atoms with E-state index in [1.54, 1.807) is 40.5 Å². The van der Waals surface area contributed by atoms with Crippen LogP contribution in [-0.2, 0) is 6.54 Å². The minimum atomic E-state index is -0.955. The molecule has 1 aromatic carbocycles. The predicted octanol–water partition coefficient (Wildman–Crippen LogP) is 2.49. The lowest BCUT2D eigenvalue weighted by Gasteiger charge is -2.34. The number of carboxylic acids is 1. The van der Waals surface area contributed by atoms with Crippen molar-refractivity contribution < 1.29 is 14.7 Å². The lowest BCUT2D eigenvalue weighted by Crippen LogP contribution is -2.51. The lowest BCUT2D eigenvalue weighted by atomic mass is 10.1. The SMILES string of the molecule is Cc1nc(N2CCN(C(=O)NCc3ccc(C(=O)O)cc3)CC2)sc1C. The van der Waals surface area contributed by atoms with Crippen molar-refractivity contribution in [2.45, 2.75) is 20.4 Å². The topological polar surface area (TPSA) is 85.8 Å². The summed E-state index contributed by atoms with van der Waals surface area (Å²) in [4.78, 5) is 33.0. The maximum Gasteiger partial charge on any atom is 0.335 e. The fraction of sp³-hybridized carbons (Fsp3) is 0.389.